The van der Waals surface area contributed by atoms with Gasteiger partial charge in [0.05, 0.1) is 16.8 Å². The maximum atomic E-state index is 13.5. The van der Waals surface area contributed by atoms with Gasteiger partial charge in [0.15, 0.2) is 0 Å². The fourth-order valence-corrected chi connectivity index (χ4v) is 5.91. The molecule has 0 aliphatic rings. The molecule has 0 aliphatic heterocycles. The van der Waals surface area contributed by atoms with Gasteiger partial charge < -0.3 is 4.57 Å². The van der Waals surface area contributed by atoms with Gasteiger partial charge in [-0.05, 0) is 80.9 Å². The number of aryl methyl sites for hydroxylation is 2. The number of benzene rings is 3. The molecule has 10 heteroatoms. The smallest absolute Gasteiger partial charge is 0.264 e. The molecule has 0 aliphatic carbocycles. The average Bonchev–Trinajstić information content (AvgIpc) is 3.17. The van der Waals surface area contributed by atoms with Gasteiger partial charge in [-0.15, -0.1) is 0 Å². The first-order valence-electron chi connectivity index (χ1n) is 11.7. The number of hydrogen-bond donors (Lipinski definition) is 1. The Morgan fingerprint density at radius 1 is 0.947 bits per heavy atom. The summed E-state index contributed by atoms with van der Waals surface area (Å²) in [5.74, 6) is -0.605. The molecule has 0 bridgehead atoms. The topological polar surface area (TPSA) is 83.8 Å². The minimum atomic E-state index is -4.06. The minimum absolute atomic E-state index is 0.0605. The maximum absolute atomic E-state index is 13.5. The summed E-state index contributed by atoms with van der Waals surface area (Å²) in [4.78, 5) is 13.0. The van der Waals surface area contributed by atoms with Crippen LogP contribution in [0.25, 0.3) is 5.69 Å². The number of carbonyl (C=O) groups excluding carboxylic acids is 1. The zero-order chi connectivity index (χ0) is 27.4. The van der Waals surface area contributed by atoms with Crippen molar-refractivity contribution in [3.05, 3.63) is 111 Å². The van der Waals surface area contributed by atoms with Gasteiger partial charge in [-0.25, -0.2) is 13.8 Å². The highest BCUT2D eigenvalue weighted by molar-refractivity contribution is 7.92. The van der Waals surface area contributed by atoms with Crippen molar-refractivity contribution in [2.75, 3.05) is 10.8 Å². The summed E-state index contributed by atoms with van der Waals surface area (Å²) in [5.41, 5.74) is 7.08. The van der Waals surface area contributed by atoms with Gasteiger partial charge in [0.2, 0.25) is 0 Å². The molecule has 0 unspecified atom stereocenters. The van der Waals surface area contributed by atoms with Crippen molar-refractivity contribution in [2.45, 2.75) is 25.7 Å². The van der Waals surface area contributed by atoms with E-state index in [4.69, 9.17) is 23.2 Å². The van der Waals surface area contributed by atoms with Crippen LogP contribution >= 0.6 is 23.2 Å². The third-order valence-corrected chi connectivity index (χ3v) is 8.27. The van der Waals surface area contributed by atoms with Gasteiger partial charge in [-0.1, -0.05) is 47.5 Å². The van der Waals surface area contributed by atoms with Crippen molar-refractivity contribution >= 4 is 51.0 Å². The Labute approximate surface area is 232 Å². The Hall–Kier alpha value is -3.59. The van der Waals surface area contributed by atoms with Crippen molar-refractivity contribution in [1.82, 2.24) is 9.99 Å². The van der Waals surface area contributed by atoms with Crippen LogP contribution in [0, 0.1) is 20.8 Å². The van der Waals surface area contributed by atoms with E-state index in [9.17, 15) is 13.2 Å². The molecule has 196 valence electrons. The zero-order valence-electron chi connectivity index (χ0n) is 21.0. The van der Waals surface area contributed by atoms with Gasteiger partial charge in [0.25, 0.3) is 15.9 Å². The molecule has 0 fully saturated rings. The van der Waals surface area contributed by atoms with Crippen LogP contribution in [0.3, 0.4) is 0 Å². The molecule has 4 aromatic rings. The average molecular weight is 570 g/mol. The van der Waals surface area contributed by atoms with E-state index in [2.05, 4.69) is 15.1 Å². The van der Waals surface area contributed by atoms with E-state index in [0.29, 0.717) is 21.3 Å². The van der Waals surface area contributed by atoms with Crippen LogP contribution in [0.4, 0.5) is 5.69 Å². The summed E-state index contributed by atoms with van der Waals surface area (Å²) in [6.07, 6.45) is 1.54. The number of amides is 1. The van der Waals surface area contributed by atoms with Crippen molar-refractivity contribution in [3.8, 4) is 5.69 Å². The molecule has 0 atom stereocenters. The van der Waals surface area contributed by atoms with Crippen LogP contribution in [0.5, 0.6) is 0 Å². The number of rotatable bonds is 8. The van der Waals surface area contributed by atoms with Crippen molar-refractivity contribution in [2.24, 2.45) is 5.10 Å². The second kappa shape index (κ2) is 11.4. The number of nitrogens with zero attached hydrogens (tertiary/aromatic N) is 3. The van der Waals surface area contributed by atoms with Crippen LogP contribution in [0.2, 0.25) is 10.0 Å². The van der Waals surface area contributed by atoms with Crippen molar-refractivity contribution in [1.29, 1.82) is 0 Å². The molecule has 7 nitrogen and oxygen atoms in total. The lowest BCUT2D eigenvalue weighted by molar-refractivity contribution is -0.119. The van der Waals surface area contributed by atoms with E-state index in [1.165, 1.54) is 24.4 Å². The molecular weight excluding hydrogens is 543 g/mol. The Bertz CT molecular complexity index is 1600. The second-order valence-corrected chi connectivity index (χ2v) is 11.4. The Kier molecular flexibility index (Phi) is 8.26. The highest BCUT2D eigenvalue weighted by atomic mass is 35.5. The molecule has 1 aromatic heterocycles. The Morgan fingerprint density at radius 3 is 2.29 bits per heavy atom. The third-order valence-electron chi connectivity index (χ3n) is 6.01. The first-order chi connectivity index (χ1) is 18.1. The molecule has 1 N–H and O–H groups in total. The maximum Gasteiger partial charge on any atom is 0.264 e. The fraction of sp³-hybridized carbons (Fsp3) is 0.143. The number of hydrogen-bond acceptors (Lipinski definition) is 4. The van der Waals surface area contributed by atoms with Gasteiger partial charge >= 0.3 is 0 Å². The largest absolute Gasteiger partial charge is 0.318 e. The quantitative estimate of drug-likeness (QED) is 0.207. The summed E-state index contributed by atoms with van der Waals surface area (Å²) in [5, 5.41) is 5.10. The second-order valence-electron chi connectivity index (χ2n) is 8.69. The first kappa shape index (κ1) is 27.4. The van der Waals surface area contributed by atoms with E-state index in [1.54, 1.807) is 37.3 Å². The summed E-state index contributed by atoms with van der Waals surface area (Å²) in [7, 11) is -4.06. The van der Waals surface area contributed by atoms with Crippen LogP contribution in [-0.2, 0) is 14.8 Å². The van der Waals surface area contributed by atoms with Gasteiger partial charge in [-0.2, -0.15) is 5.10 Å². The summed E-state index contributed by atoms with van der Waals surface area (Å²) in [6, 6.07) is 22.3. The third kappa shape index (κ3) is 5.93. The minimum Gasteiger partial charge on any atom is -0.318 e. The Morgan fingerprint density at radius 2 is 1.61 bits per heavy atom. The van der Waals surface area contributed by atoms with Crippen molar-refractivity contribution < 1.29 is 13.2 Å². The molecule has 0 spiro atoms. The van der Waals surface area contributed by atoms with Gasteiger partial charge in [0.1, 0.15) is 6.54 Å². The summed E-state index contributed by atoms with van der Waals surface area (Å²) in [6.45, 7) is 5.18. The highest BCUT2D eigenvalue weighted by Crippen LogP contribution is 2.29. The molecule has 0 saturated carbocycles. The van der Waals surface area contributed by atoms with E-state index >= 15 is 0 Å². The monoisotopic (exact) mass is 568 g/mol. The normalized spacial score (nSPS) is 11.6. The number of anilines is 1. The number of nitrogens with one attached hydrogen (secondary N) is 1. The van der Waals surface area contributed by atoms with E-state index < -0.39 is 22.5 Å². The number of aromatic nitrogens is 1. The van der Waals surface area contributed by atoms with E-state index in [0.717, 1.165) is 26.9 Å². The summed E-state index contributed by atoms with van der Waals surface area (Å²) >= 11 is 12.2. The van der Waals surface area contributed by atoms with Crippen molar-refractivity contribution in [3.63, 3.8) is 0 Å². The first-order valence-corrected chi connectivity index (χ1v) is 13.9. The summed E-state index contributed by atoms with van der Waals surface area (Å²) < 4.78 is 30.1. The highest BCUT2D eigenvalue weighted by Gasteiger charge is 2.28. The molecule has 38 heavy (non-hydrogen) atoms. The molecule has 1 heterocycles. The van der Waals surface area contributed by atoms with E-state index in [-0.39, 0.29) is 4.90 Å². The molecular formula is C28H26Cl2N4O3S. The lowest BCUT2D eigenvalue weighted by Crippen LogP contribution is -2.40. The molecule has 0 radical (unpaired) electrons. The standard InChI is InChI=1S/C28H26Cl2N4O3S/c1-19-9-10-24(30)16-27(19)33(38(36,37)26-7-5-4-6-8-26)18-28(35)32-31-17-22-15-20(2)34(21(22)3)25-13-11-23(29)12-14-25/h4-17H,18H2,1-3H3,(H,32,35)/b31-17+. The molecule has 1 amide bonds. The van der Waals surface area contributed by atoms with Crippen LogP contribution in [0.15, 0.2) is 88.9 Å². The fourth-order valence-electron chi connectivity index (χ4n) is 4.12. The van der Waals surface area contributed by atoms with Crippen LogP contribution in [0.1, 0.15) is 22.5 Å². The molecule has 4 rings (SSSR count). The number of halogens is 2. The predicted octanol–water partition coefficient (Wildman–Crippen LogP) is 6.05. The van der Waals surface area contributed by atoms with Gasteiger partial charge in [0, 0.05) is 32.7 Å². The van der Waals surface area contributed by atoms with Crippen LogP contribution in [-0.4, -0.2) is 31.7 Å². The van der Waals surface area contributed by atoms with E-state index in [1.807, 2.05) is 44.2 Å². The number of carbonyl (C=O) groups is 1. The lowest BCUT2D eigenvalue weighted by atomic mass is 10.2. The lowest BCUT2D eigenvalue weighted by Gasteiger charge is -2.25. The molecule has 3 aromatic carbocycles. The SMILES string of the molecule is Cc1ccc(Cl)cc1N(CC(=O)N/N=C/c1cc(C)n(-c2ccc(Cl)cc2)c1C)S(=O)(=O)c1ccccc1. The Balaban J connectivity index is 1.57. The van der Waals surface area contributed by atoms with Crippen LogP contribution < -0.4 is 9.73 Å². The van der Waals surface area contributed by atoms with Gasteiger partial charge in [-0.3, -0.25) is 9.10 Å². The zero-order valence-corrected chi connectivity index (χ0v) is 23.3. The number of sulfonamides is 1. The number of hydrazone groups is 1. The molecule has 0 saturated heterocycles. The predicted molar refractivity (Wildman–Crippen MR) is 153 cm³/mol.